The van der Waals surface area contributed by atoms with Gasteiger partial charge in [-0.2, -0.15) is 5.10 Å². The molecule has 0 amide bonds. The van der Waals surface area contributed by atoms with Gasteiger partial charge in [0, 0.05) is 43.0 Å². The monoisotopic (exact) mass is 453 g/mol. The van der Waals surface area contributed by atoms with Crippen molar-refractivity contribution in [3.05, 3.63) is 54.5 Å². The summed E-state index contributed by atoms with van der Waals surface area (Å²) >= 11 is 0. The third kappa shape index (κ3) is 3.04. The fourth-order valence-electron chi connectivity index (χ4n) is 4.97. The van der Waals surface area contributed by atoms with Gasteiger partial charge in [0.05, 0.1) is 49.0 Å². The number of benzene rings is 2. The van der Waals surface area contributed by atoms with Crippen LogP contribution in [0, 0.1) is 5.41 Å². The predicted octanol–water partition coefficient (Wildman–Crippen LogP) is 3.64. The number of hydrogen-bond donors (Lipinski definition) is 1. The number of rotatable bonds is 5. The summed E-state index contributed by atoms with van der Waals surface area (Å²) in [7, 11) is 1.70. The van der Waals surface area contributed by atoms with Gasteiger partial charge in [-0.1, -0.05) is 12.1 Å². The molecule has 34 heavy (non-hydrogen) atoms. The van der Waals surface area contributed by atoms with Crippen molar-refractivity contribution in [2.45, 2.75) is 6.42 Å². The summed E-state index contributed by atoms with van der Waals surface area (Å²) in [4.78, 5) is 16.1. The van der Waals surface area contributed by atoms with Crippen LogP contribution in [0.4, 0.5) is 22.9 Å². The molecule has 0 bridgehead atoms. The first kappa shape index (κ1) is 19.5. The Labute approximate surface area is 196 Å². The van der Waals surface area contributed by atoms with Crippen LogP contribution in [0.5, 0.6) is 5.75 Å². The summed E-state index contributed by atoms with van der Waals surface area (Å²) in [6, 6.07) is 12.4. The van der Waals surface area contributed by atoms with E-state index in [1.807, 2.05) is 24.5 Å². The van der Waals surface area contributed by atoms with E-state index in [1.54, 1.807) is 11.6 Å². The third-order valence-corrected chi connectivity index (χ3v) is 6.84. The first-order valence-electron chi connectivity index (χ1n) is 11.3. The van der Waals surface area contributed by atoms with Crippen molar-refractivity contribution in [2.24, 2.45) is 10.4 Å². The van der Waals surface area contributed by atoms with Crippen LogP contribution in [0.15, 0.2) is 53.9 Å². The van der Waals surface area contributed by atoms with Gasteiger partial charge in [-0.3, -0.25) is 4.99 Å². The minimum atomic E-state index is 0.342. The SMILES string of the molecule is COc1cc(Nc2nc(-c3ccc4c(c3)N=CC4)cn3ncnc23)ccc1N1CC2(COC2)C1. The van der Waals surface area contributed by atoms with Crippen LogP contribution in [0.1, 0.15) is 5.56 Å². The summed E-state index contributed by atoms with van der Waals surface area (Å²) in [5.41, 5.74) is 6.97. The van der Waals surface area contributed by atoms with Gasteiger partial charge in [-0.05, 0) is 23.8 Å². The molecular weight excluding hydrogens is 430 g/mol. The molecule has 0 aliphatic carbocycles. The van der Waals surface area contributed by atoms with E-state index in [4.69, 9.17) is 14.5 Å². The van der Waals surface area contributed by atoms with Gasteiger partial charge in [-0.15, -0.1) is 0 Å². The number of nitrogens with one attached hydrogen (secondary N) is 1. The lowest BCUT2D eigenvalue weighted by molar-refractivity contribution is -0.127. The van der Waals surface area contributed by atoms with Crippen LogP contribution >= 0.6 is 0 Å². The van der Waals surface area contributed by atoms with Gasteiger partial charge in [0.25, 0.3) is 0 Å². The maximum Gasteiger partial charge on any atom is 0.198 e. The Balaban J connectivity index is 1.21. The summed E-state index contributed by atoms with van der Waals surface area (Å²) in [5, 5.41) is 7.78. The van der Waals surface area contributed by atoms with Gasteiger partial charge >= 0.3 is 0 Å². The quantitative estimate of drug-likeness (QED) is 0.493. The molecule has 7 rings (SSSR count). The number of aliphatic imine (C=N–C) groups is 1. The molecule has 0 unspecified atom stereocenters. The Morgan fingerprint density at radius 1 is 1.12 bits per heavy atom. The Hall–Kier alpha value is -3.98. The van der Waals surface area contributed by atoms with Gasteiger partial charge in [0.15, 0.2) is 11.5 Å². The minimum Gasteiger partial charge on any atom is -0.495 e. The Morgan fingerprint density at radius 2 is 2.03 bits per heavy atom. The second-order valence-electron chi connectivity index (χ2n) is 9.22. The van der Waals surface area contributed by atoms with Crippen molar-refractivity contribution in [1.82, 2.24) is 19.6 Å². The number of fused-ring (bicyclic) bond motifs is 2. The smallest absolute Gasteiger partial charge is 0.198 e. The highest BCUT2D eigenvalue weighted by Gasteiger charge is 2.49. The molecule has 9 heteroatoms. The molecule has 3 aliphatic heterocycles. The van der Waals surface area contributed by atoms with Crippen molar-refractivity contribution in [3.8, 4) is 17.0 Å². The number of anilines is 3. The zero-order valence-corrected chi connectivity index (χ0v) is 18.7. The van der Waals surface area contributed by atoms with Crippen LogP contribution in [0.25, 0.3) is 16.9 Å². The highest BCUT2D eigenvalue weighted by molar-refractivity contribution is 5.80. The van der Waals surface area contributed by atoms with E-state index < -0.39 is 0 Å². The lowest BCUT2D eigenvalue weighted by atomic mass is 9.77. The summed E-state index contributed by atoms with van der Waals surface area (Å²) in [6.07, 6.45) is 6.24. The summed E-state index contributed by atoms with van der Waals surface area (Å²) in [6.45, 7) is 3.73. The maximum atomic E-state index is 5.73. The molecule has 1 N–H and O–H groups in total. The van der Waals surface area contributed by atoms with Crippen molar-refractivity contribution < 1.29 is 9.47 Å². The fourth-order valence-corrected chi connectivity index (χ4v) is 4.97. The molecule has 2 aromatic carbocycles. The number of methoxy groups -OCH3 is 1. The lowest BCUT2D eigenvalue weighted by Crippen LogP contribution is -2.66. The van der Waals surface area contributed by atoms with Gasteiger partial charge in [0.2, 0.25) is 0 Å². The number of ether oxygens (including phenoxy) is 2. The van der Waals surface area contributed by atoms with Crippen LogP contribution < -0.4 is 15.0 Å². The molecular formula is C25H23N7O2. The molecule has 2 fully saturated rings. The summed E-state index contributed by atoms with van der Waals surface area (Å²) in [5.74, 6) is 1.45. The van der Waals surface area contributed by atoms with Crippen LogP contribution in [0.2, 0.25) is 0 Å². The third-order valence-electron chi connectivity index (χ3n) is 6.84. The molecule has 4 aromatic rings. The van der Waals surface area contributed by atoms with E-state index >= 15 is 0 Å². The second-order valence-corrected chi connectivity index (χ2v) is 9.22. The van der Waals surface area contributed by atoms with E-state index in [2.05, 4.69) is 49.6 Å². The zero-order chi connectivity index (χ0) is 22.7. The molecule has 0 atom stereocenters. The maximum absolute atomic E-state index is 5.73. The molecule has 0 saturated carbocycles. The van der Waals surface area contributed by atoms with Crippen LogP contribution in [-0.4, -0.2) is 59.2 Å². The van der Waals surface area contributed by atoms with E-state index in [-0.39, 0.29) is 0 Å². The molecule has 3 aliphatic rings. The topological polar surface area (TPSA) is 89.2 Å². The van der Waals surface area contributed by atoms with E-state index in [9.17, 15) is 0 Å². The minimum absolute atomic E-state index is 0.342. The van der Waals surface area contributed by atoms with Crippen molar-refractivity contribution in [3.63, 3.8) is 0 Å². The normalized spacial score (nSPS) is 17.5. The first-order chi connectivity index (χ1) is 16.7. The second kappa shape index (κ2) is 7.26. The average molecular weight is 454 g/mol. The molecule has 2 aromatic heterocycles. The number of aromatic nitrogens is 4. The van der Waals surface area contributed by atoms with Gasteiger partial charge in [0.1, 0.15) is 12.1 Å². The van der Waals surface area contributed by atoms with Crippen molar-refractivity contribution in [2.75, 3.05) is 43.6 Å². The Bertz CT molecular complexity index is 1450. The van der Waals surface area contributed by atoms with E-state index in [0.29, 0.717) is 16.9 Å². The Kier molecular flexibility index (Phi) is 4.16. The van der Waals surface area contributed by atoms with Gasteiger partial charge < -0.3 is 19.7 Å². The highest BCUT2D eigenvalue weighted by Crippen LogP contribution is 2.44. The molecule has 0 radical (unpaired) electrons. The zero-order valence-electron chi connectivity index (χ0n) is 18.7. The van der Waals surface area contributed by atoms with E-state index in [0.717, 1.165) is 66.8 Å². The lowest BCUT2D eigenvalue weighted by Gasteiger charge is -2.56. The largest absolute Gasteiger partial charge is 0.495 e. The fraction of sp³-hybridized carbons (Fsp3) is 0.280. The van der Waals surface area contributed by atoms with Crippen LogP contribution in [0.3, 0.4) is 0 Å². The summed E-state index contributed by atoms with van der Waals surface area (Å²) < 4.78 is 12.9. The first-order valence-corrected chi connectivity index (χ1v) is 11.3. The van der Waals surface area contributed by atoms with E-state index in [1.165, 1.54) is 11.9 Å². The van der Waals surface area contributed by atoms with Crippen LogP contribution in [-0.2, 0) is 11.2 Å². The molecule has 2 saturated heterocycles. The molecule has 1 spiro atoms. The Morgan fingerprint density at radius 3 is 2.85 bits per heavy atom. The molecule has 170 valence electrons. The standard InChI is InChI=1S/C25H23N7O2/c1-33-22-9-18(4-5-21(22)31-11-25(12-31)13-34-14-25)29-23-24-27-15-28-32(24)10-20(30-23)17-3-2-16-6-7-26-19(16)8-17/h2-5,7-10,15H,6,11-14H2,1H3,(H,29,30). The molecule has 9 nitrogen and oxygen atoms in total. The predicted molar refractivity (Wildman–Crippen MR) is 130 cm³/mol. The molecule has 5 heterocycles. The highest BCUT2D eigenvalue weighted by atomic mass is 16.5. The average Bonchev–Trinajstić information content (AvgIpc) is 3.46. The van der Waals surface area contributed by atoms with Crippen molar-refractivity contribution in [1.29, 1.82) is 0 Å². The van der Waals surface area contributed by atoms with Crippen molar-refractivity contribution >= 4 is 34.7 Å². The number of nitrogens with zero attached hydrogens (tertiary/aromatic N) is 6. The number of hydrogen-bond acceptors (Lipinski definition) is 8. The van der Waals surface area contributed by atoms with Gasteiger partial charge in [-0.25, -0.2) is 14.5 Å².